The van der Waals surface area contributed by atoms with E-state index < -0.39 is 17.6 Å². The summed E-state index contributed by atoms with van der Waals surface area (Å²) in [6.07, 6.45) is -4.58. The first kappa shape index (κ1) is 20.6. The van der Waals surface area contributed by atoms with Gasteiger partial charge < -0.3 is 5.32 Å². The highest BCUT2D eigenvalue weighted by Gasteiger charge is 2.33. The fraction of sp³-hybridized carbons (Fsp3) is 0.120. The van der Waals surface area contributed by atoms with Gasteiger partial charge in [-0.25, -0.2) is 4.98 Å². The maximum atomic E-state index is 13.4. The van der Waals surface area contributed by atoms with Crippen molar-refractivity contribution in [2.24, 2.45) is 0 Å². The number of amides is 1. The molecule has 1 heterocycles. The van der Waals surface area contributed by atoms with E-state index in [1.807, 2.05) is 38.1 Å². The Hall–Kier alpha value is -3.67. The summed E-state index contributed by atoms with van der Waals surface area (Å²) in [6.45, 7) is 3.94. The minimum atomic E-state index is -4.58. The number of pyridine rings is 1. The Kier molecular flexibility index (Phi) is 5.23. The number of fused-ring (bicyclic) bond motifs is 1. The Bertz CT molecular complexity index is 1300. The van der Waals surface area contributed by atoms with E-state index in [2.05, 4.69) is 10.3 Å². The van der Waals surface area contributed by atoms with Crippen LogP contribution in [-0.4, -0.2) is 10.9 Å². The molecule has 0 saturated carbocycles. The number of nitrogens with zero attached hydrogens (tertiary/aromatic N) is 1. The number of aryl methyl sites for hydroxylation is 2. The van der Waals surface area contributed by atoms with Crippen LogP contribution in [0.4, 0.5) is 18.9 Å². The minimum absolute atomic E-state index is 0.262. The molecule has 3 nitrogen and oxygen atoms in total. The molecule has 0 saturated heterocycles. The number of para-hydroxylation sites is 2. The number of alkyl halides is 3. The Labute approximate surface area is 177 Å². The van der Waals surface area contributed by atoms with Crippen molar-refractivity contribution in [3.05, 3.63) is 95.1 Å². The van der Waals surface area contributed by atoms with Crippen LogP contribution in [0.1, 0.15) is 27.0 Å². The Balaban J connectivity index is 1.83. The first-order valence-corrected chi connectivity index (χ1v) is 9.69. The molecule has 0 radical (unpaired) electrons. The van der Waals surface area contributed by atoms with E-state index in [9.17, 15) is 18.0 Å². The monoisotopic (exact) mass is 420 g/mol. The minimum Gasteiger partial charge on any atom is -0.321 e. The summed E-state index contributed by atoms with van der Waals surface area (Å²) in [5, 5.41) is 3.01. The summed E-state index contributed by atoms with van der Waals surface area (Å²) in [7, 11) is 0. The summed E-state index contributed by atoms with van der Waals surface area (Å²) < 4.78 is 40.1. The van der Waals surface area contributed by atoms with Gasteiger partial charge in [0.15, 0.2) is 0 Å². The molecule has 31 heavy (non-hydrogen) atoms. The zero-order valence-electron chi connectivity index (χ0n) is 16.9. The number of carbonyl (C=O) groups is 1. The second-order valence-electron chi connectivity index (χ2n) is 7.39. The summed E-state index contributed by atoms with van der Waals surface area (Å²) in [5.41, 5.74) is 3.23. The van der Waals surface area contributed by atoms with Crippen molar-refractivity contribution in [2.75, 3.05) is 5.32 Å². The molecule has 0 fully saturated rings. The maximum absolute atomic E-state index is 13.4. The quantitative estimate of drug-likeness (QED) is 0.396. The second-order valence-corrected chi connectivity index (χ2v) is 7.39. The number of rotatable bonds is 3. The molecule has 156 valence electrons. The van der Waals surface area contributed by atoms with E-state index >= 15 is 0 Å². The van der Waals surface area contributed by atoms with E-state index in [1.165, 1.54) is 18.2 Å². The maximum Gasteiger partial charge on any atom is 0.418 e. The van der Waals surface area contributed by atoms with E-state index in [0.717, 1.165) is 22.8 Å². The molecule has 0 bridgehead atoms. The van der Waals surface area contributed by atoms with Crippen LogP contribution in [0, 0.1) is 13.8 Å². The standard InChI is InChI=1S/C25H19F3N2O/c1-15-11-12-17(16(2)13-15)23-14-19(18-7-3-5-9-21(18)29-23)24(31)30-22-10-6-4-8-20(22)25(26,27)28/h3-14H,1-2H3,(H,30,31). The Morgan fingerprint density at radius 3 is 2.35 bits per heavy atom. The van der Waals surface area contributed by atoms with Crippen LogP contribution in [0.3, 0.4) is 0 Å². The molecule has 3 aromatic carbocycles. The van der Waals surface area contributed by atoms with Gasteiger partial charge in [0.05, 0.1) is 28.0 Å². The molecule has 0 atom stereocenters. The van der Waals surface area contributed by atoms with Crippen molar-refractivity contribution in [3.63, 3.8) is 0 Å². The topological polar surface area (TPSA) is 42.0 Å². The average Bonchev–Trinajstić information content (AvgIpc) is 2.72. The number of anilines is 1. The molecule has 0 aliphatic rings. The lowest BCUT2D eigenvalue weighted by atomic mass is 9.99. The van der Waals surface area contributed by atoms with Gasteiger partial charge in [-0.1, -0.05) is 54.1 Å². The predicted molar refractivity (Wildman–Crippen MR) is 116 cm³/mol. The third-order valence-corrected chi connectivity index (χ3v) is 5.10. The fourth-order valence-electron chi connectivity index (χ4n) is 3.63. The summed E-state index contributed by atoms with van der Waals surface area (Å²) >= 11 is 0. The van der Waals surface area contributed by atoms with Crippen LogP contribution in [0.5, 0.6) is 0 Å². The molecule has 0 aliphatic carbocycles. The lowest BCUT2D eigenvalue weighted by Crippen LogP contribution is -2.17. The molecule has 0 spiro atoms. The van der Waals surface area contributed by atoms with E-state index in [0.29, 0.717) is 16.6 Å². The molecule has 4 rings (SSSR count). The van der Waals surface area contributed by atoms with Gasteiger partial charge in [0, 0.05) is 10.9 Å². The summed E-state index contributed by atoms with van der Waals surface area (Å²) in [6, 6.07) is 19.6. The second kappa shape index (κ2) is 7.87. The molecular weight excluding hydrogens is 401 g/mol. The summed E-state index contributed by atoms with van der Waals surface area (Å²) in [4.78, 5) is 17.8. The normalized spacial score (nSPS) is 11.5. The van der Waals surface area contributed by atoms with Gasteiger partial charge in [0.25, 0.3) is 5.91 Å². The highest BCUT2D eigenvalue weighted by atomic mass is 19.4. The SMILES string of the molecule is Cc1ccc(-c2cc(C(=O)Nc3ccccc3C(F)(F)F)c3ccccc3n2)c(C)c1. The molecule has 1 N–H and O–H groups in total. The Morgan fingerprint density at radius 2 is 1.61 bits per heavy atom. The van der Waals surface area contributed by atoms with Gasteiger partial charge in [-0.15, -0.1) is 0 Å². The van der Waals surface area contributed by atoms with Crippen molar-refractivity contribution in [1.82, 2.24) is 4.98 Å². The Morgan fingerprint density at radius 1 is 0.903 bits per heavy atom. The van der Waals surface area contributed by atoms with Crippen molar-refractivity contribution >= 4 is 22.5 Å². The molecule has 6 heteroatoms. The van der Waals surface area contributed by atoms with Gasteiger partial charge in [-0.2, -0.15) is 13.2 Å². The first-order valence-electron chi connectivity index (χ1n) is 9.69. The van der Waals surface area contributed by atoms with E-state index in [1.54, 1.807) is 24.3 Å². The third-order valence-electron chi connectivity index (χ3n) is 5.10. The van der Waals surface area contributed by atoms with Crippen molar-refractivity contribution in [3.8, 4) is 11.3 Å². The lowest BCUT2D eigenvalue weighted by molar-refractivity contribution is -0.136. The average molecular weight is 420 g/mol. The van der Waals surface area contributed by atoms with Crippen LogP contribution >= 0.6 is 0 Å². The zero-order chi connectivity index (χ0) is 22.2. The van der Waals surface area contributed by atoms with Crippen LogP contribution in [0.25, 0.3) is 22.2 Å². The largest absolute Gasteiger partial charge is 0.418 e. The highest BCUT2D eigenvalue weighted by molar-refractivity contribution is 6.13. The molecule has 1 aromatic heterocycles. The van der Waals surface area contributed by atoms with Crippen LogP contribution in [0.15, 0.2) is 72.8 Å². The van der Waals surface area contributed by atoms with E-state index in [4.69, 9.17) is 0 Å². The number of hydrogen-bond donors (Lipinski definition) is 1. The molecule has 0 aliphatic heterocycles. The number of benzene rings is 3. The highest BCUT2D eigenvalue weighted by Crippen LogP contribution is 2.35. The van der Waals surface area contributed by atoms with Crippen LogP contribution in [0.2, 0.25) is 0 Å². The van der Waals surface area contributed by atoms with Crippen molar-refractivity contribution in [2.45, 2.75) is 20.0 Å². The number of halogens is 3. The van der Waals surface area contributed by atoms with Gasteiger partial charge in [0.1, 0.15) is 0 Å². The van der Waals surface area contributed by atoms with E-state index in [-0.39, 0.29) is 11.3 Å². The molecule has 4 aromatic rings. The van der Waals surface area contributed by atoms with Crippen LogP contribution < -0.4 is 5.32 Å². The smallest absolute Gasteiger partial charge is 0.321 e. The van der Waals surface area contributed by atoms with Crippen molar-refractivity contribution in [1.29, 1.82) is 0 Å². The number of hydrogen-bond acceptors (Lipinski definition) is 2. The molecular formula is C25H19F3N2O. The summed E-state index contributed by atoms with van der Waals surface area (Å²) in [5.74, 6) is -0.624. The lowest BCUT2D eigenvalue weighted by Gasteiger charge is -2.15. The third kappa shape index (κ3) is 4.14. The zero-order valence-corrected chi connectivity index (χ0v) is 16.9. The van der Waals surface area contributed by atoms with Gasteiger partial charge >= 0.3 is 6.18 Å². The van der Waals surface area contributed by atoms with Gasteiger partial charge in [0.2, 0.25) is 0 Å². The van der Waals surface area contributed by atoms with Crippen LogP contribution in [-0.2, 0) is 6.18 Å². The number of aromatic nitrogens is 1. The fourth-order valence-corrected chi connectivity index (χ4v) is 3.63. The molecule has 1 amide bonds. The number of nitrogens with one attached hydrogen (secondary N) is 1. The van der Waals surface area contributed by atoms with Crippen molar-refractivity contribution < 1.29 is 18.0 Å². The molecule has 0 unspecified atom stereocenters. The predicted octanol–water partition coefficient (Wildman–Crippen LogP) is 6.79. The number of carbonyl (C=O) groups excluding carboxylic acids is 1. The first-order chi connectivity index (χ1) is 14.7. The van der Waals surface area contributed by atoms with Gasteiger partial charge in [-0.05, 0) is 43.7 Å². The van der Waals surface area contributed by atoms with Gasteiger partial charge in [-0.3, -0.25) is 4.79 Å².